The molecule has 0 spiro atoms. The second kappa shape index (κ2) is 10.3. The summed E-state index contributed by atoms with van der Waals surface area (Å²) in [7, 11) is 3.01. The van der Waals surface area contributed by atoms with E-state index in [1.165, 1.54) is 32.7 Å². The lowest BCUT2D eigenvalue weighted by Gasteiger charge is -2.15. The van der Waals surface area contributed by atoms with E-state index in [4.69, 9.17) is 9.47 Å². The van der Waals surface area contributed by atoms with Gasteiger partial charge in [-0.3, -0.25) is 4.40 Å². The zero-order valence-electron chi connectivity index (χ0n) is 18.0. The van der Waals surface area contributed by atoms with E-state index in [0.29, 0.717) is 39.4 Å². The lowest BCUT2D eigenvalue weighted by molar-refractivity contribution is 0.146. The molecule has 0 fully saturated rings. The molecule has 2 heterocycles. The minimum Gasteiger partial charge on any atom is -0.493 e. The van der Waals surface area contributed by atoms with Gasteiger partial charge in [0.05, 0.1) is 30.9 Å². The van der Waals surface area contributed by atoms with Crippen molar-refractivity contribution >= 4 is 34.0 Å². The van der Waals surface area contributed by atoms with Crippen LogP contribution in [0.4, 0.5) is 19.0 Å². The first-order valence-electron chi connectivity index (χ1n) is 9.61. The first kappa shape index (κ1) is 24.0. The van der Waals surface area contributed by atoms with Gasteiger partial charge in [0.2, 0.25) is 0 Å². The minimum atomic E-state index is -2.91. The van der Waals surface area contributed by atoms with Crippen LogP contribution in [0.25, 0.3) is 16.6 Å². The van der Waals surface area contributed by atoms with Gasteiger partial charge in [-0.25, -0.2) is 18.2 Å². The molecule has 2 aromatic carbocycles. The fourth-order valence-corrected chi connectivity index (χ4v) is 3.44. The number of nitrogens with one attached hydrogen (secondary N) is 1. The van der Waals surface area contributed by atoms with Crippen molar-refractivity contribution in [1.82, 2.24) is 9.38 Å². The van der Waals surface area contributed by atoms with Crippen molar-refractivity contribution in [2.75, 3.05) is 25.9 Å². The number of anilines is 1. The Labute approximate surface area is 193 Å². The number of aromatic nitrogens is 2. The van der Waals surface area contributed by atoms with Gasteiger partial charge in [0.25, 0.3) is 6.43 Å². The van der Waals surface area contributed by atoms with Crippen LogP contribution in [0.2, 0.25) is 0 Å². The highest BCUT2D eigenvalue weighted by Gasteiger charge is 2.18. The van der Waals surface area contributed by atoms with Gasteiger partial charge in [-0.05, 0) is 6.07 Å². The van der Waals surface area contributed by atoms with Crippen molar-refractivity contribution < 1.29 is 22.6 Å². The Balaban J connectivity index is 0.00000149. The number of methoxy groups -OCH3 is 2. The summed E-state index contributed by atoms with van der Waals surface area (Å²) in [6.45, 7) is -0.0647. The lowest BCUT2D eigenvalue weighted by atomic mass is 10.1. The van der Waals surface area contributed by atoms with Crippen molar-refractivity contribution in [3.8, 4) is 17.6 Å². The van der Waals surface area contributed by atoms with E-state index in [2.05, 4.69) is 28.0 Å². The molecule has 0 bridgehead atoms. The molecule has 1 N–H and O–H groups in total. The molecule has 0 saturated heterocycles. The Kier molecular flexibility index (Phi) is 7.51. The monoisotopic (exact) mass is 476 g/mol. The molecule has 4 rings (SSSR count). The van der Waals surface area contributed by atoms with Gasteiger partial charge < -0.3 is 14.8 Å². The number of nitrogens with zero attached hydrogens (tertiary/aromatic N) is 3. The summed E-state index contributed by atoms with van der Waals surface area (Å²) in [5, 5.41) is 12.9. The number of fused-ring (bicyclic) bond motifs is 3. The Morgan fingerprint density at radius 1 is 1.15 bits per heavy atom. The maximum Gasteiger partial charge on any atom is 0.266 e. The van der Waals surface area contributed by atoms with Crippen LogP contribution in [0.1, 0.15) is 23.1 Å². The van der Waals surface area contributed by atoms with E-state index < -0.39 is 17.8 Å². The van der Waals surface area contributed by atoms with E-state index in [-0.39, 0.29) is 12.1 Å². The summed E-state index contributed by atoms with van der Waals surface area (Å²) in [4.78, 5) is 4.54. The minimum absolute atomic E-state index is 0.0647. The van der Waals surface area contributed by atoms with Crippen molar-refractivity contribution in [2.45, 2.75) is 13.0 Å². The molecular weight excluding hydrogens is 457 g/mol. The Bertz CT molecular complexity index is 1340. The predicted molar refractivity (Wildman–Crippen MR) is 121 cm³/mol. The van der Waals surface area contributed by atoms with Crippen LogP contribution in [-0.4, -0.2) is 30.0 Å². The van der Waals surface area contributed by atoms with Crippen LogP contribution in [0.3, 0.4) is 0 Å². The largest absolute Gasteiger partial charge is 0.493 e. The standard InChI is InChI=1S/C22H17F3N4O2.CH3Cl/c1-30-17-7-15-16(8-18(17)31-2)29-11-12(9-26)6-19(29)28-22(15)27-10-13-4-3-5-14(20(13)23)21(24)25;1-2/h3-8,11,21H,10H2,1-2H3,(H,27,28);1H3. The SMILES string of the molecule is CCl.COc1cc2c(NCc3cccc(C(F)F)c3F)nc3cc(C#N)cn3c2cc1OC. The third-order valence-electron chi connectivity index (χ3n) is 4.96. The fraction of sp³-hybridized carbons (Fsp3) is 0.217. The first-order chi connectivity index (χ1) is 16.0. The van der Waals surface area contributed by atoms with Gasteiger partial charge in [0, 0.05) is 42.2 Å². The van der Waals surface area contributed by atoms with Gasteiger partial charge in [0.1, 0.15) is 23.4 Å². The molecule has 0 aliphatic rings. The zero-order valence-corrected chi connectivity index (χ0v) is 18.8. The Hall–Kier alpha value is -3.64. The topological polar surface area (TPSA) is 71.6 Å². The molecule has 33 heavy (non-hydrogen) atoms. The van der Waals surface area contributed by atoms with Gasteiger partial charge in [-0.1, -0.05) is 18.2 Å². The van der Waals surface area contributed by atoms with E-state index in [1.54, 1.807) is 28.8 Å². The zero-order chi connectivity index (χ0) is 24.1. The highest BCUT2D eigenvalue weighted by molar-refractivity contribution is 6.15. The van der Waals surface area contributed by atoms with E-state index in [0.717, 1.165) is 6.07 Å². The van der Waals surface area contributed by atoms with Crippen LogP contribution in [0.5, 0.6) is 11.5 Å². The summed E-state index contributed by atoms with van der Waals surface area (Å²) in [6.07, 6.45) is 0.212. The highest BCUT2D eigenvalue weighted by Crippen LogP contribution is 2.36. The fourth-order valence-electron chi connectivity index (χ4n) is 3.44. The molecule has 172 valence electrons. The molecule has 2 aromatic heterocycles. The average Bonchev–Trinajstić information content (AvgIpc) is 3.26. The number of hydrogen-bond donors (Lipinski definition) is 1. The molecule has 0 saturated carbocycles. The van der Waals surface area contributed by atoms with Crippen LogP contribution in [-0.2, 0) is 6.54 Å². The second-order valence-corrected chi connectivity index (χ2v) is 6.73. The predicted octanol–water partition coefficient (Wildman–Crippen LogP) is 5.92. The highest BCUT2D eigenvalue weighted by atomic mass is 35.5. The third-order valence-corrected chi connectivity index (χ3v) is 4.96. The summed E-state index contributed by atoms with van der Waals surface area (Å²) in [6, 6.07) is 11.0. The molecule has 4 aromatic rings. The van der Waals surface area contributed by atoms with Crippen LogP contribution >= 0.6 is 11.6 Å². The lowest BCUT2D eigenvalue weighted by Crippen LogP contribution is -2.07. The Morgan fingerprint density at radius 2 is 1.85 bits per heavy atom. The average molecular weight is 477 g/mol. The van der Waals surface area contributed by atoms with Crippen molar-refractivity contribution in [3.63, 3.8) is 0 Å². The summed E-state index contributed by atoms with van der Waals surface area (Å²) in [5.41, 5.74) is 1.01. The molecule has 6 nitrogen and oxygen atoms in total. The van der Waals surface area contributed by atoms with Gasteiger partial charge in [0.15, 0.2) is 11.5 Å². The van der Waals surface area contributed by atoms with Crippen molar-refractivity contribution in [1.29, 1.82) is 5.26 Å². The van der Waals surface area contributed by atoms with E-state index >= 15 is 0 Å². The molecule has 10 heteroatoms. The van der Waals surface area contributed by atoms with Crippen LogP contribution < -0.4 is 14.8 Å². The smallest absolute Gasteiger partial charge is 0.266 e. The molecule has 0 amide bonds. The molecule has 0 aliphatic carbocycles. The second-order valence-electron chi connectivity index (χ2n) is 6.73. The Morgan fingerprint density at radius 3 is 2.48 bits per heavy atom. The van der Waals surface area contributed by atoms with Crippen LogP contribution in [0, 0.1) is 17.1 Å². The maximum absolute atomic E-state index is 14.4. The third kappa shape index (κ3) is 4.61. The number of halogens is 4. The number of hydrogen-bond acceptors (Lipinski definition) is 5. The summed E-state index contributed by atoms with van der Waals surface area (Å²) in [5.74, 6) is 0.367. The van der Waals surface area contributed by atoms with E-state index in [1.807, 2.05) is 0 Å². The normalized spacial score (nSPS) is 10.6. The number of alkyl halides is 3. The van der Waals surface area contributed by atoms with Gasteiger partial charge in [-0.15, -0.1) is 11.6 Å². The number of ether oxygens (including phenoxy) is 2. The molecule has 0 radical (unpaired) electrons. The quantitative estimate of drug-likeness (QED) is 0.350. The van der Waals surface area contributed by atoms with Crippen LogP contribution in [0.15, 0.2) is 42.6 Å². The van der Waals surface area contributed by atoms with Crippen molar-refractivity contribution in [3.05, 3.63) is 65.1 Å². The van der Waals surface area contributed by atoms with Gasteiger partial charge in [-0.2, -0.15) is 5.26 Å². The molecule has 0 aliphatic heterocycles. The maximum atomic E-state index is 14.4. The first-order valence-corrected chi connectivity index (χ1v) is 10.4. The summed E-state index contributed by atoms with van der Waals surface area (Å²) < 4.78 is 53.0. The number of rotatable bonds is 6. The summed E-state index contributed by atoms with van der Waals surface area (Å²) >= 11 is 4.64. The molecule has 0 unspecified atom stereocenters. The molecule has 0 atom stereocenters. The molecular formula is C23H20ClF3N4O2. The number of nitriles is 1. The number of benzene rings is 2. The van der Waals surface area contributed by atoms with E-state index in [9.17, 15) is 18.4 Å². The van der Waals surface area contributed by atoms with Gasteiger partial charge >= 0.3 is 0 Å². The van der Waals surface area contributed by atoms with Crippen molar-refractivity contribution in [2.24, 2.45) is 0 Å².